The first-order valence-electron chi connectivity index (χ1n) is 6.02. The molecular weight excluding hydrogens is 272 g/mol. The highest BCUT2D eigenvalue weighted by atomic mass is 17.0. The zero-order valence-corrected chi connectivity index (χ0v) is 11.7. The Morgan fingerprint density at radius 1 is 1.25 bits per heavy atom. The number of carbonyl (C=O) groups is 3. The Morgan fingerprint density at radius 3 is 2.20 bits per heavy atom. The molecule has 1 amide bonds. The Kier molecular flexibility index (Phi) is 7.74. The standard InChI is InChI=1S/C11H20N2O7/c1-4-19-10(17)11(9(15)16,7-6-8(12)14)13(18-3)20-5-2/h4-7H2,1-3H3,(H2,12,14)(H,15,16)/t11-/m0/s1. The van der Waals surface area contributed by atoms with Gasteiger partial charge in [0.05, 0.1) is 20.3 Å². The second-order valence-electron chi connectivity index (χ2n) is 3.71. The van der Waals surface area contributed by atoms with Crippen molar-refractivity contribution in [2.45, 2.75) is 32.2 Å². The van der Waals surface area contributed by atoms with Crippen molar-refractivity contribution in [2.24, 2.45) is 5.73 Å². The molecule has 0 rings (SSSR count). The van der Waals surface area contributed by atoms with E-state index in [-0.39, 0.29) is 19.6 Å². The van der Waals surface area contributed by atoms with E-state index in [2.05, 4.69) is 0 Å². The summed E-state index contributed by atoms with van der Waals surface area (Å²) < 4.78 is 4.76. The molecule has 1 atom stereocenters. The molecule has 0 saturated heterocycles. The molecule has 0 radical (unpaired) electrons. The fourth-order valence-electron chi connectivity index (χ4n) is 1.53. The summed E-state index contributed by atoms with van der Waals surface area (Å²) in [6.07, 6.45) is -0.789. The molecule has 0 aliphatic rings. The average Bonchev–Trinajstić information content (AvgIpc) is 2.37. The van der Waals surface area contributed by atoms with Gasteiger partial charge in [0, 0.05) is 12.8 Å². The van der Waals surface area contributed by atoms with Crippen molar-refractivity contribution >= 4 is 17.8 Å². The van der Waals surface area contributed by atoms with Gasteiger partial charge in [-0.05, 0) is 19.1 Å². The maximum absolute atomic E-state index is 12.0. The van der Waals surface area contributed by atoms with Gasteiger partial charge < -0.3 is 15.6 Å². The molecule has 0 aliphatic heterocycles. The number of nitrogens with two attached hydrogens (primary N) is 1. The van der Waals surface area contributed by atoms with Crippen molar-refractivity contribution in [3.05, 3.63) is 0 Å². The zero-order valence-electron chi connectivity index (χ0n) is 11.7. The molecule has 0 bridgehead atoms. The molecule has 0 unspecified atom stereocenters. The highest BCUT2D eigenvalue weighted by Crippen LogP contribution is 2.25. The van der Waals surface area contributed by atoms with Gasteiger partial charge in [-0.2, -0.15) is 0 Å². The predicted molar refractivity (Wildman–Crippen MR) is 65.9 cm³/mol. The van der Waals surface area contributed by atoms with Crippen LogP contribution < -0.4 is 5.73 Å². The van der Waals surface area contributed by atoms with Gasteiger partial charge in [-0.1, -0.05) is 0 Å². The van der Waals surface area contributed by atoms with Crippen LogP contribution in [0.2, 0.25) is 0 Å². The van der Waals surface area contributed by atoms with E-state index in [4.69, 9.17) is 20.1 Å². The van der Waals surface area contributed by atoms with Crippen LogP contribution in [0.25, 0.3) is 0 Å². The third-order valence-electron chi connectivity index (χ3n) is 2.42. The maximum Gasteiger partial charge on any atom is 0.343 e. The number of carbonyl (C=O) groups excluding carboxylic acids is 2. The molecule has 0 aromatic rings. The number of amides is 1. The third kappa shape index (κ3) is 4.15. The molecule has 0 saturated carbocycles. The topological polar surface area (TPSA) is 128 Å². The summed E-state index contributed by atoms with van der Waals surface area (Å²) in [5.41, 5.74) is 2.71. The first-order chi connectivity index (χ1) is 9.36. The van der Waals surface area contributed by atoms with Crippen LogP contribution in [0.4, 0.5) is 0 Å². The van der Waals surface area contributed by atoms with Crippen molar-refractivity contribution in [1.82, 2.24) is 5.23 Å². The molecular formula is C11H20N2O7. The van der Waals surface area contributed by atoms with Crippen LogP contribution in [0, 0.1) is 0 Å². The smallest absolute Gasteiger partial charge is 0.343 e. The lowest BCUT2D eigenvalue weighted by Gasteiger charge is -2.34. The lowest BCUT2D eigenvalue weighted by Crippen LogP contribution is -2.60. The van der Waals surface area contributed by atoms with Crippen LogP contribution in [-0.2, 0) is 28.8 Å². The fraction of sp³-hybridized carbons (Fsp3) is 0.727. The van der Waals surface area contributed by atoms with Crippen LogP contribution in [0.5, 0.6) is 0 Å². The lowest BCUT2D eigenvalue weighted by atomic mass is 9.94. The summed E-state index contributed by atoms with van der Waals surface area (Å²) in [5, 5.41) is 9.93. The first-order valence-corrected chi connectivity index (χ1v) is 6.02. The summed E-state index contributed by atoms with van der Waals surface area (Å²) >= 11 is 0. The van der Waals surface area contributed by atoms with Crippen LogP contribution in [0.3, 0.4) is 0 Å². The Bertz CT molecular complexity index is 361. The van der Waals surface area contributed by atoms with Crippen molar-refractivity contribution in [3.63, 3.8) is 0 Å². The summed E-state index contributed by atoms with van der Waals surface area (Å²) in [7, 11) is 1.14. The van der Waals surface area contributed by atoms with Gasteiger partial charge in [0.25, 0.3) is 5.54 Å². The predicted octanol–water partition coefficient (Wildman–Crippen LogP) is -0.547. The third-order valence-corrected chi connectivity index (χ3v) is 2.42. The number of carboxylic acids is 1. The van der Waals surface area contributed by atoms with Gasteiger partial charge in [-0.3, -0.25) is 14.5 Å². The Labute approximate surface area is 116 Å². The maximum atomic E-state index is 12.0. The normalized spacial score (nSPS) is 13.8. The van der Waals surface area contributed by atoms with Crippen LogP contribution in [-0.4, -0.2) is 54.0 Å². The number of nitrogens with zero attached hydrogens (tertiary/aromatic N) is 1. The van der Waals surface area contributed by atoms with Gasteiger partial charge in [0.1, 0.15) is 0 Å². The SMILES string of the molecule is CCOC(=O)[C@](CCC(N)=O)(C(=O)O)N(OC)OCC. The van der Waals surface area contributed by atoms with E-state index in [0.29, 0.717) is 5.23 Å². The van der Waals surface area contributed by atoms with Crippen molar-refractivity contribution in [1.29, 1.82) is 0 Å². The molecule has 0 fully saturated rings. The van der Waals surface area contributed by atoms with Gasteiger partial charge in [0.2, 0.25) is 5.91 Å². The molecule has 3 N–H and O–H groups in total. The van der Waals surface area contributed by atoms with E-state index in [9.17, 15) is 19.5 Å². The van der Waals surface area contributed by atoms with Crippen LogP contribution in [0.1, 0.15) is 26.7 Å². The number of hydrogen-bond donors (Lipinski definition) is 2. The minimum absolute atomic E-state index is 0.0336. The summed E-state index contributed by atoms with van der Waals surface area (Å²) in [4.78, 5) is 44.3. The Balaban J connectivity index is 5.57. The molecule has 0 heterocycles. The Hall–Kier alpha value is -1.71. The van der Waals surface area contributed by atoms with E-state index in [1.54, 1.807) is 6.92 Å². The number of esters is 1. The van der Waals surface area contributed by atoms with E-state index in [1.165, 1.54) is 6.92 Å². The number of ether oxygens (including phenoxy) is 1. The van der Waals surface area contributed by atoms with Crippen molar-refractivity contribution < 1.29 is 33.9 Å². The molecule has 9 nitrogen and oxygen atoms in total. The van der Waals surface area contributed by atoms with E-state index in [0.717, 1.165) is 7.11 Å². The highest BCUT2D eigenvalue weighted by Gasteiger charge is 2.55. The number of carboxylic acid groups (broad SMARTS) is 1. The molecule has 20 heavy (non-hydrogen) atoms. The lowest BCUT2D eigenvalue weighted by molar-refractivity contribution is -0.390. The van der Waals surface area contributed by atoms with E-state index < -0.39 is 29.8 Å². The van der Waals surface area contributed by atoms with Crippen LogP contribution >= 0.6 is 0 Å². The average molecular weight is 292 g/mol. The van der Waals surface area contributed by atoms with Gasteiger partial charge in [0.15, 0.2) is 0 Å². The summed E-state index contributed by atoms with van der Waals surface area (Å²) in [6, 6.07) is 0. The largest absolute Gasteiger partial charge is 0.479 e. The zero-order chi connectivity index (χ0) is 15.8. The number of aliphatic carboxylic acids is 1. The monoisotopic (exact) mass is 292 g/mol. The minimum atomic E-state index is -2.30. The number of primary amides is 1. The Morgan fingerprint density at radius 2 is 1.85 bits per heavy atom. The quantitative estimate of drug-likeness (QED) is 0.312. The second kappa shape index (κ2) is 8.46. The van der Waals surface area contributed by atoms with Crippen molar-refractivity contribution in [2.75, 3.05) is 20.3 Å². The van der Waals surface area contributed by atoms with Crippen molar-refractivity contribution in [3.8, 4) is 0 Å². The molecule has 0 aromatic carbocycles. The van der Waals surface area contributed by atoms with Gasteiger partial charge in [-0.25, -0.2) is 9.59 Å². The van der Waals surface area contributed by atoms with Gasteiger partial charge in [-0.15, -0.1) is 0 Å². The summed E-state index contributed by atoms with van der Waals surface area (Å²) in [6.45, 7) is 3.13. The molecule has 0 aliphatic carbocycles. The molecule has 9 heteroatoms. The van der Waals surface area contributed by atoms with E-state index >= 15 is 0 Å². The second-order valence-corrected chi connectivity index (χ2v) is 3.71. The van der Waals surface area contributed by atoms with Crippen LogP contribution in [0.15, 0.2) is 0 Å². The fourth-order valence-corrected chi connectivity index (χ4v) is 1.53. The highest BCUT2D eigenvalue weighted by molar-refractivity contribution is 6.04. The molecule has 0 aromatic heterocycles. The molecule has 116 valence electrons. The number of hydroxylamine groups is 2. The number of hydrogen-bond acceptors (Lipinski definition) is 7. The number of rotatable bonds is 10. The first kappa shape index (κ1) is 18.3. The summed E-state index contributed by atoms with van der Waals surface area (Å²) in [5.74, 6) is -3.41. The molecule has 0 spiro atoms. The van der Waals surface area contributed by atoms with Gasteiger partial charge >= 0.3 is 11.9 Å². The van der Waals surface area contributed by atoms with E-state index in [1.807, 2.05) is 0 Å². The minimum Gasteiger partial charge on any atom is -0.479 e.